The molecule has 0 radical (unpaired) electrons. The maximum Gasteiger partial charge on any atom is 0.239 e. The molecule has 0 saturated carbocycles. The van der Waals surface area contributed by atoms with E-state index in [9.17, 15) is 14.4 Å². The Balaban J connectivity index is 0.00000484. The molecule has 0 bridgehead atoms. The van der Waals surface area contributed by atoms with Crippen molar-refractivity contribution in [2.75, 3.05) is 18.4 Å². The molecule has 3 amide bonds. The van der Waals surface area contributed by atoms with Crippen molar-refractivity contribution in [2.24, 2.45) is 5.73 Å². The van der Waals surface area contributed by atoms with E-state index < -0.39 is 0 Å². The van der Waals surface area contributed by atoms with Gasteiger partial charge in [-0.05, 0) is 24.1 Å². The van der Waals surface area contributed by atoms with Gasteiger partial charge in [-0.15, -0.1) is 12.4 Å². The number of hydrogen-bond donors (Lipinski definition) is 4. The summed E-state index contributed by atoms with van der Waals surface area (Å²) in [6, 6.07) is 7.21. The topological polar surface area (TPSA) is 113 Å². The minimum absolute atomic E-state index is 0. The van der Waals surface area contributed by atoms with Crippen LogP contribution in [0.4, 0.5) is 5.69 Å². The molecule has 0 unspecified atom stereocenters. The van der Waals surface area contributed by atoms with E-state index in [0.717, 1.165) is 17.7 Å². The molecule has 0 spiro atoms. The van der Waals surface area contributed by atoms with Crippen molar-refractivity contribution in [3.8, 4) is 0 Å². The largest absolute Gasteiger partial charge is 0.350 e. The van der Waals surface area contributed by atoms with Crippen LogP contribution in [0.5, 0.6) is 0 Å². The molecule has 8 heteroatoms. The van der Waals surface area contributed by atoms with Crippen LogP contribution in [0.1, 0.15) is 25.3 Å². The van der Waals surface area contributed by atoms with Crippen LogP contribution in [-0.4, -0.2) is 30.8 Å². The van der Waals surface area contributed by atoms with Gasteiger partial charge in [0.25, 0.3) is 0 Å². The summed E-state index contributed by atoms with van der Waals surface area (Å²) >= 11 is 0. The molecule has 1 aromatic carbocycles. The van der Waals surface area contributed by atoms with E-state index in [4.69, 9.17) is 5.73 Å². The Morgan fingerprint density at radius 3 is 2.22 bits per heavy atom. The van der Waals surface area contributed by atoms with E-state index in [2.05, 4.69) is 16.0 Å². The third-order valence-corrected chi connectivity index (χ3v) is 2.84. The Kier molecular flexibility index (Phi) is 10.4. The Morgan fingerprint density at radius 2 is 1.65 bits per heavy atom. The number of carbonyl (C=O) groups is 3. The number of nitrogens with two attached hydrogens (primary N) is 1. The molecule has 128 valence electrons. The van der Waals surface area contributed by atoms with Gasteiger partial charge in [-0.3, -0.25) is 14.4 Å². The number of anilines is 1. The standard InChI is InChI=1S/C15H22N4O3.ClH/c1-2-3-13(20)19-12-6-4-11(5-7-12)9-17-15(22)10-18-14(21)8-16;/h4-7H,2-3,8-10,16H2,1H3,(H,17,22)(H,18,21)(H,19,20);1H. The van der Waals surface area contributed by atoms with E-state index in [1.165, 1.54) is 0 Å². The van der Waals surface area contributed by atoms with E-state index in [1.54, 1.807) is 12.1 Å². The van der Waals surface area contributed by atoms with Crippen molar-refractivity contribution in [3.05, 3.63) is 29.8 Å². The van der Waals surface area contributed by atoms with Crippen molar-refractivity contribution in [2.45, 2.75) is 26.3 Å². The molecule has 0 aliphatic carbocycles. The summed E-state index contributed by atoms with van der Waals surface area (Å²) in [5, 5.41) is 7.85. The molecule has 1 rings (SSSR count). The second kappa shape index (κ2) is 11.4. The SMILES string of the molecule is CCCC(=O)Nc1ccc(CNC(=O)CNC(=O)CN)cc1.Cl. The minimum atomic E-state index is -0.373. The number of carbonyl (C=O) groups excluding carboxylic acids is 3. The van der Waals surface area contributed by atoms with Crippen LogP contribution in [0.2, 0.25) is 0 Å². The highest BCUT2D eigenvalue weighted by Gasteiger charge is 2.04. The summed E-state index contributed by atoms with van der Waals surface area (Å²) in [7, 11) is 0. The van der Waals surface area contributed by atoms with Crippen LogP contribution in [0.25, 0.3) is 0 Å². The van der Waals surface area contributed by atoms with Gasteiger partial charge >= 0.3 is 0 Å². The first-order chi connectivity index (χ1) is 10.5. The Morgan fingerprint density at radius 1 is 1.00 bits per heavy atom. The third-order valence-electron chi connectivity index (χ3n) is 2.84. The van der Waals surface area contributed by atoms with Gasteiger partial charge in [0.1, 0.15) is 0 Å². The average molecular weight is 343 g/mol. The highest BCUT2D eigenvalue weighted by atomic mass is 35.5. The van der Waals surface area contributed by atoms with E-state index in [-0.39, 0.29) is 43.2 Å². The average Bonchev–Trinajstić information content (AvgIpc) is 2.52. The van der Waals surface area contributed by atoms with Gasteiger partial charge in [0.05, 0.1) is 13.1 Å². The number of hydrogen-bond acceptors (Lipinski definition) is 4. The Labute approximate surface area is 141 Å². The van der Waals surface area contributed by atoms with E-state index in [0.29, 0.717) is 13.0 Å². The normalized spacial score (nSPS) is 9.48. The molecule has 0 aliphatic rings. The maximum atomic E-state index is 11.5. The van der Waals surface area contributed by atoms with Gasteiger partial charge in [0, 0.05) is 18.7 Å². The molecule has 23 heavy (non-hydrogen) atoms. The first-order valence-corrected chi connectivity index (χ1v) is 7.17. The van der Waals surface area contributed by atoms with Crippen LogP contribution in [-0.2, 0) is 20.9 Å². The zero-order chi connectivity index (χ0) is 16.4. The highest BCUT2D eigenvalue weighted by molar-refractivity contribution is 5.90. The molecule has 0 fully saturated rings. The third kappa shape index (κ3) is 8.80. The van der Waals surface area contributed by atoms with Crippen LogP contribution >= 0.6 is 12.4 Å². The van der Waals surface area contributed by atoms with Gasteiger partial charge in [0.15, 0.2) is 0 Å². The van der Waals surface area contributed by atoms with Gasteiger partial charge in [-0.1, -0.05) is 19.1 Å². The molecule has 0 atom stereocenters. The number of amides is 3. The maximum absolute atomic E-state index is 11.5. The summed E-state index contributed by atoms with van der Waals surface area (Å²) in [4.78, 5) is 33.9. The number of rotatable bonds is 8. The number of halogens is 1. The quantitative estimate of drug-likeness (QED) is 0.552. The summed E-state index contributed by atoms with van der Waals surface area (Å²) in [5.74, 6) is -0.677. The molecular weight excluding hydrogens is 320 g/mol. The van der Waals surface area contributed by atoms with Gasteiger partial charge in [-0.2, -0.15) is 0 Å². The zero-order valence-corrected chi connectivity index (χ0v) is 13.9. The molecule has 5 N–H and O–H groups in total. The molecule has 0 aromatic heterocycles. The lowest BCUT2D eigenvalue weighted by molar-refractivity contribution is -0.125. The summed E-state index contributed by atoms with van der Waals surface area (Å²) in [5.41, 5.74) is 6.74. The first-order valence-electron chi connectivity index (χ1n) is 7.17. The van der Waals surface area contributed by atoms with E-state index >= 15 is 0 Å². The van der Waals surface area contributed by atoms with E-state index in [1.807, 2.05) is 19.1 Å². The summed E-state index contributed by atoms with van der Waals surface area (Å²) in [6.45, 7) is 2.06. The van der Waals surface area contributed by atoms with Crippen LogP contribution in [0.15, 0.2) is 24.3 Å². The fourth-order valence-electron chi connectivity index (χ4n) is 1.67. The lowest BCUT2D eigenvalue weighted by Gasteiger charge is -2.08. The summed E-state index contributed by atoms with van der Waals surface area (Å²) < 4.78 is 0. The van der Waals surface area contributed by atoms with Gasteiger partial charge in [-0.25, -0.2) is 0 Å². The number of nitrogens with one attached hydrogen (secondary N) is 3. The highest BCUT2D eigenvalue weighted by Crippen LogP contribution is 2.10. The number of benzene rings is 1. The van der Waals surface area contributed by atoms with Crippen molar-refractivity contribution >= 4 is 35.8 Å². The lowest BCUT2D eigenvalue weighted by Crippen LogP contribution is -2.39. The molecular formula is C15H23ClN4O3. The molecule has 0 saturated heterocycles. The first kappa shape index (κ1) is 20.9. The van der Waals surface area contributed by atoms with Crippen molar-refractivity contribution < 1.29 is 14.4 Å². The van der Waals surface area contributed by atoms with Crippen LogP contribution < -0.4 is 21.7 Å². The molecule has 0 heterocycles. The predicted octanol–water partition coefficient (Wildman–Crippen LogP) is 0.538. The predicted molar refractivity (Wildman–Crippen MR) is 91.1 cm³/mol. The fraction of sp³-hybridized carbons (Fsp3) is 0.400. The Hall–Kier alpha value is -2.12. The summed E-state index contributed by atoms with van der Waals surface area (Å²) in [6.07, 6.45) is 1.29. The smallest absolute Gasteiger partial charge is 0.239 e. The van der Waals surface area contributed by atoms with Crippen molar-refractivity contribution in [3.63, 3.8) is 0 Å². The molecule has 7 nitrogen and oxygen atoms in total. The van der Waals surface area contributed by atoms with Crippen LogP contribution in [0, 0.1) is 0 Å². The minimum Gasteiger partial charge on any atom is -0.350 e. The second-order valence-electron chi connectivity index (χ2n) is 4.75. The fourth-order valence-corrected chi connectivity index (χ4v) is 1.67. The monoisotopic (exact) mass is 342 g/mol. The van der Waals surface area contributed by atoms with Crippen molar-refractivity contribution in [1.29, 1.82) is 0 Å². The van der Waals surface area contributed by atoms with Gasteiger partial charge in [0.2, 0.25) is 17.7 Å². The second-order valence-corrected chi connectivity index (χ2v) is 4.75. The van der Waals surface area contributed by atoms with Crippen LogP contribution in [0.3, 0.4) is 0 Å². The molecule has 0 aliphatic heterocycles. The van der Waals surface area contributed by atoms with Crippen molar-refractivity contribution in [1.82, 2.24) is 10.6 Å². The molecule has 1 aromatic rings. The Bertz CT molecular complexity index is 520. The lowest BCUT2D eigenvalue weighted by atomic mass is 10.2. The zero-order valence-electron chi connectivity index (χ0n) is 13.1. The van der Waals surface area contributed by atoms with Gasteiger partial charge < -0.3 is 21.7 Å².